The number of nitrogens with one attached hydrogen (secondary N) is 2. The molecule has 0 saturated heterocycles. The van der Waals surface area contributed by atoms with Crippen LogP contribution in [-0.4, -0.2) is 23.1 Å². The molecule has 0 aliphatic carbocycles. The highest BCUT2D eigenvalue weighted by molar-refractivity contribution is 6.13. The van der Waals surface area contributed by atoms with Crippen LogP contribution in [0, 0.1) is 0 Å². The number of fused-ring (bicyclic) bond motifs is 4. The van der Waals surface area contributed by atoms with Gasteiger partial charge in [0.05, 0.1) is 33.0 Å². The van der Waals surface area contributed by atoms with Crippen molar-refractivity contribution < 1.29 is 0 Å². The fourth-order valence-corrected chi connectivity index (χ4v) is 4.62. The summed E-state index contributed by atoms with van der Waals surface area (Å²) in [6, 6.07) is 15.3. The summed E-state index contributed by atoms with van der Waals surface area (Å²) in [6.45, 7) is 7.69. The van der Waals surface area contributed by atoms with E-state index in [2.05, 4.69) is 35.6 Å². The van der Waals surface area contributed by atoms with Crippen molar-refractivity contribution >= 4 is 49.3 Å². The zero-order valence-electron chi connectivity index (χ0n) is 18.0. The third-order valence-corrected chi connectivity index (χ3v) is 6.29. The van der Waals surface area contributed by atoms with E-state index in [1.807, 2.05) is 48.5 Å². The minimum Gasteiger partial charge on any atom is -0.370 e. The Hall–Kier alpha value is -3.60. The average Bonchev–Trinajstić information content (AvgIpc) is 2.80. The Kier molecular flexibility index (Phi) is 4.54. The minimum atomic E-state index is -0.0179. The van der Waals surface area contributed by atoms with E-state index >= 15 is 0 Å². The van der Waals surface area contributed by atoms with Crippen LogP contribution >= 0.6 is 0 Å². The van der Waals surface area contributed by atoms with Gasteiger partial charge in [0.2, 0.25) is 0 Å². The van der Waals surface area contributed by atoms with Crippen LogP contribution in [0.25, 0.3) is 43.6 Å². The quantitative estimate of drug-likeness (QED) is 0.405. The van der Waals surface area contributed by atoms with Gasteiger partial charge in [0, 0.05) is 29.4 Å². The molecule has 0 atom stereocenters. The summed E-state index contributed by atoms with van der Waals surface area (Å²) in [7, 11) is 0. The maximum Gasteiger partial charge on any atom is 0.199 e. The third kappa shape index (κ3) is 2.84. The van der Waals surface area contributed by atoms with Crippen LogP contribution in [0.3, 0.4) is 0 Å². The first-order valence-electron chi connectivity index (χ1n) is 10.9. The van der Waals surface area contributed by atoms with Gasteiger partial charge < -0.3 is 14.9 Å². The van der Waals surface area contributed by atoms with Gasteiger partial charge in [-0.3, -0.25) is 9.59 Å². The predicted octanol–water partition coefficient (Wildman–Crippen LogP) is 5.08. The molecule has 3 aromatic carbocycles. The van der Waals surface area contributed by atoms with Gasteiger partial charge >= 0.3 is 0 Å². The minimum absolute atomic E-state index is 0.0172. The zero-order valence-corrected chi connectivity index (χ0v) is 18.0. The summed E-state index contributed by atoms with van der Waals surface area (Å²) in [6.07, 6.45) is 0.891. The van der Waals surface area contributed by atoms with Crippen LogP contribution < -0.4 is 15.8 Å². The highest BCUT2D eigenvalue weighted by Crippen LogP contribution is 2.33. The summed E-state index contributed by atoms with van der Waals surface area (Å²) >= 11 is 0. The Labute approximate surface area is 179 Å². The van der Waals surface area contributed by atoms with Gasteiger partial charge in [-0.2, -0.15) is 0 Å². The molecule has 5 heteroatoms. The number of benzene rings is 3. The molecule has 0 aliphatic rings. The Morgan fingerprint density at radius 2 is 1.48 bits per heavy atom. The lowest BCUT2D eigenvalue weighted by Gasteiger charge is -2.25. The van der Waals surface area contributed by atoms with Gasteiger partial charge in [-0.1, -0.05) is 25.1 Å². The second-order valence-corrected chi connectivity index (χ2v) is 7.93. The molecule has 0 amide bonds. The lowest BCUT2D eigenvalue weighted by Crippen LogP contribution is -2.25. The van der Waals surface area contributed by atoms with Gasteiger partial charge in [0.1, 0.15) is 0 Å². The van der Waals surface area contributed by atoms with Crippen molar-refractivity contribution in [3.8, 4) is 0 Å². The molecule has 0 saturated carbocycles. The largest absolute Gasteiger partial charge is 0.370 e. The van der Waals surface area contributed by atoms with E-state index in [9.17, 15) is 9.59 Å². The fourth-order valence-electron chi connectivity index (χ4n) is 4.62. The van der Waals surface area contributed by atoms with Crippen molar-refractivity contribution in [2.75, 3.05) is 18.0 Å². The standard InChI is InChI=1S/C26H25N3O2/c1-4-15-11-12-17-20(13-15)28-23-18(25(17)30)14-21-22(24(23)29(5-2)6-3)26(31)16-9-7-8-10-19(16)27-21/h7-14H,4-6H2,1-3H3,(H,27,31)(H,28,30). The average molecular weight is 412 g/mol. The third-order valence-electron chi connectivity index (χ3n) is 6.29. The summed E-state index contributed by atoms with van der Waals surface area (Å²) in [5.41, 5.74) is 4.92. The van der Waals surface area contributed by atoms with Gasteiger partial charge in [0.25, 0.3) is 0 Å². The molecule has 5 aromatic rings. The highest BCUT2D eigenvalue weighted by atomic mass is 16.1. The van der Waals surface area contributed by atoms with Crippen molar-refractivity contribution in [1.82, 2.24) is 9.97 Å². The molecule has 2 aromatic heterocycles. The second kappa shape index (κ2) is 7.27. The van der Waals surface area contributed by atoms with Crippen molar-refractivity contribution in [1.29, 1.82) is 0 Å². The van der Waals surface area contributed by atoms with Crippen molar-refractivity contribution in [3.63, 3.8) is 0 Å². The number of nitrogens with zero attached hydrogens (tertiary/aromatic N) is 1. The van der Waals surface area contributed by atoms with Crippen LogP contribution in [0.4, 0.5) is 5.69 Å². The molecule has 0 bridgehead atoms. The molecule has 0 aliphatic heterocycles. The van der Waals surface area contributed by atoms with E-state index in [1.54, 1.807) is 0 Å². The molecule has 5 nitrogen and oxygen atoms in total. The molecule has 0 unspecified atom stereocenters. The van der Waals surface area contributed by atoms with Crippen molar-refractivity contribution in [2.24, 2.45) is 0 Å². The monoisotopic (exact) mass is 411 g/mol. The summed E-state index contributed by atoms with van der Waals surface area (Å²) in [5, 5.41) is 2.53. The Bertz CT molecular complexity index is 1590. The van der Waals surface area contributed by atoms with Crippen molar-refractivity contribution in [3.05, 3.63) is 74.5 Å². The lowest BCUT2D eigenvalue weighted by atomic mass is 10.0. The van der Waals surface area contributed by atoms with E-state index in [0.29, 0.717) is 27.1 Å². The van der Waals surface area contributed by atoms with Crippen LogP contribution in [-0.2, 0) is 6.42 Å². The number of rotatable bonds is 4. The number of pyridine rings is 2. The molecule has 0 spiro atoms. The van der Waals surface area contributed by atoms with Gasteiger partial charge in [0.15, 0.2) is 10.9 Å². The summed E-state index contributed by atoms with van der Waals surface area (Å²) in [4.78, 5) is 36.2. The van der Waals surface area contributed by atoms with E-state index in [1.165, 1.54) is 0 Å². The molecular formula is C26H25N3O2. The number of para-hydroxylation sites is 1. The SMILES string of the molecule is CCc1ccc2c(=O)c3cc4[nH]c5ccccc5c(=O)c4c(N(CC)CC)c3[nH]c2c1. The second-order valence-electron chi connectivity index (χ2n) is 7.93. The molecule has 31 heavy (non-hydrogen) atoms. The fraction of sp³-hybridized carbons (Fsp3) is 0.231. The smallest absolute Gasteiger partial charge is 0.199 e. The number of aromatic amines is 2. The van der Waals surface area contributed by atoms with Crippen LogP contribution in [0.5, 0.6) is 0 Å². The van der Waals surface area contributed by atoms with E-state index in [4.69, 9.17) is 0 Å². The first-order valence-corrected chi connectivity index (χ1v) is 10.9. The van der Waals surface area contributed by atoms with Gasteiger partial charge in [-0.05, 0) is 56.2 Å². The molecule has 0 radical (unpaired) electrons. The zero-order chi connectivity index (χ0) is 21.7. The molecular weight excluding hydrogens is 386 g/mol. The topological polar surface area (TPSA) is 69.0 Å². The van der Waals surface area contributed by atoms with E-state index in [0.717, 1.165) is 47.3 Å². The number of hydrogen-bond donors (Lipinski definition) is 2. The molecule has 5 rings (SSSR count). The highest BCUT2D eigenvalue weighted by Gasteiger charge is 2.20. The molecule has 156 valence electrons. The molecule has 2 N–H and O–H groups in total. The Morgan fingerprint density at radius 1 is 0.742 bits per heavy atom. The number of anilines is 1. The van der Waals surface area contributed by atoms with E-state index < -0.39 is 0 Å². The van der Waals surface area contributed by atoms with Gasteiger partial charge in [-0.15, -0.1) is 0 Å². The van der Waals surface area contributed by atoms with Gasteiger partial charge in [-0.25, -0.2) is 0 Å². The van der Waals surface area contributed by atoms with Crippen LogP contribution in [0.15, 0.2) is 58.1 Å². The first-order chi connectivity index (χ1) is 15.1. The lowest BCUT2D eigenvalue weighted by molar-refractivity contribution is 0.873. The number of hydrogen-bond acceptors (Lipinski definition) is 3. The number of H-pyrrole nitrogens is 2. The Morgan fingerprint density at radius 3 is 2.23 bits per heavy atom. The van der Waals surface area contributed by atoms with Crippen LogP contribution in [0.2, 0.25) is 0 Å². The maximum absolute atomic E-state index is 13.6. The summed E-state index contributed by atoms with van der Waals surface area (Å²) in [5.74, 6) is 0. The first kappa shape index (κ1) is 19.4. The Balaban J connectivity index is 2.07. The predicted molar refractivity (Wildman–Crippen MR) is 131 cm³/mol. The molecule has 0 fully saturated rings. The number of aromatic nitrogens is 2. The normalized spacial score (nSPS) is 11.7. The molecule has 2 heterocycles. The summed E-state index contributed by atoms with van der Waals surface area (Å²) < 4.78 is 0. The van der Waals surface area contributed by atoms with Crippen molar-refractivity contribution in [2.45, 2.75) is 27.2 Å². The number of aryl methyl sites for hydroxylation is 1. The van der Waals surface area contributed by atoms with Crippen LogP contribution in [0.1, 0.15) is 26.3 Å². The maximum atomic E-state index is 13.6. The van der Waals surface area contributed by atoms with E-state index in [-0.39, 0.29) is 10.9 Å².